The topological polar surface area (TPSA) is 90.9 Å². The Morgan fingerprint density at radius 3 is 3.04 bits per heavy atom. The van der Waals surface area contributed by atoms with E-state index >= 15 is 0 Å². The summed E-state index contributed by atoms with van der Waals surface area (Å²) in [7, 11) is 0. The second-order valence-corrected chi connectivity index (χ2v) is 6.85. The maximum absolute atomic E-state index is 12.2. The van der Waals surface area contributed by atoms with Crippen LogP contribution in [0.1, 0.15) is 24.9 Å². The Bertz CT molecular complexity index is 1050. The summed E-state index contributed by atoms with van der Waals surface area (Å²) in [5, 5.41) is 10.0. The molecule has 0 aromatic carbocycles. The molecule has 9 heteroatoms. The van der Waals surface area contributed by atoms with Crippen LogP contribution in [0.25, 0.3) is 16.6 Å². The van der Waals surface area contributed by atoms with Crippen molar-refractivity contribution >= 4 is 16.3 Å². The summed E-state index contributed by atoms with van der Waals surface area (Å²) in [6.07, 6.45) is 4.30. The van der Waals surface area contributed by atoms with E-state index in [0.29, 0.717) is 35.6 Å². The number of aromatic nitrogens is 4. The molecule has 134 valence electrons. The van der Waals surface area contributed by atoms with Crippen LogP contribution in [0.5, 0.6) is 0 Å². The molecule has 0 bridgehead atoms. The molecule has 8 nitrogen and oxygen atoms in total. The summed E-state index contributed by atoms with van der Waals surface area (Å²) in [6, 6.07) is 5.15. The fourth-order valence-electron chi connectivity index (χ4n) is 2.87. The predicted molar refractivity (Wildman–Crippen MR) is 94.9 cm³/mol. The van der Waals surface area contributed by atoms with E-state index in [9.17, 15) is 4.79 Å². The fourth-order valence-corrected chi connectivity index (χ4v) is 3.60. The Morgan fingerprint density at radius 1 is 1.31 bits per heavy atom. The minimum atomic E-state index is -0.0556. The van der Waals surface area contributed by atoms with Crippen LogP contribution >= 0.6 is 11.3 Å². The third-order valence-electron chi connectivity index (χ3n) is 3.99. The monoisotopic (exact) mass is 372 g/mol. The molecule has 0 fully saturated rings. The number of furan rings is 1. The number of quaternary nitrogens is 1. The predicted octanol–water partition coefficient (Wildman–Crippen LogP) is 1.39. The van der Waals surface area contributed by atoms with Crippen molar-refractivity contribution in [2.75, 3.05) is 6.54 Å². The number of nitrogens with one attached hydrogen (secondary N) is 1. The molecule has 1 N–H and O–H groups in total. The van der Waals surface area contributed by atoms with Gasteiger partial charge in [-0.15, -0.1) is 21.5 Å². The van der Waals surface area contributed by atoms with Gasteiger partial charge < -0.3 is 13.7 Å². The Labute approximate surface area is 152 Å². The van der Waals surface area contributed by atoms with E-state index in [0.717, 1.165) is 18.7 Å². The van der Waals surface area contributed by atoms with Gasteiger partial charge in [-0.25, -0.2) is 4.98 Å². The van der Waals surface area contributed by atoms with Crippen LogP contribution in [0.15, 0.2) is 49.7 Å². The molecule has 0 aliphatic heterocycles. The van der Waals surface area contributed by atoms with Gasteiger partial charge in [0, 0.05) is 17.6 Å². The first-order valence-electron chi connectivity index (χ1n) is 8.38. The van der Waals surface area contributed by atoms with Gasteiger partial charge in [0.1, 0.15) is 12.2 Å². The highest BCUT2D eigenvalue weighted by Gasteiger charge is 2.18. The molecule has 4 aromatic rings. The Kier molecular flexibility index (Phi) is 4.63. The molecule has 4 heterocycles. The molecule has 0 radical (unpaired) electrons. The van der Waals surface area contributed by atoms with Gasteiger partial charge in [0.05, 0.1) is 12.8 Å². The Balaban J connectivity index is 1.52. The molecule has 4 aromatic heterocycles. The number of rotatable bonds is 7. The van der Waals surface area contributed by atoms with Crippen LogP contribution in [0.2, 0.25) is 0 Å². The lowest BCUT2D eigenvalue weighted by Crippen LogP contribution is -3.09. The largest absolute Gasteiger partial charge is 0.459 e. The average Bonchev–Trinajstić information content (AvgIpc) is 3.36. The Morgan fingerprint density at radius 2 is 2.23 bits per heavy atom. The molecular weight excluding hydrogens is 354 g/mol. The third kappa shape index (κ3) is 3.44. The second-order valence-electron chi connectivity index (χ2n) is 5.97. The quantitative estimate of drug-likeness (QED) is 0.527. The van der Waals surface area contributed by atoms with Crippen molar-refractivity contribution in [2.24, 2.45) is 0 Å². The Hall–Kier alpha value is -2.78. The van der Waals surface area contributed by atoms with Gasteiger partial charge in [-0.1, -0.05) is 6.92 Å². The molecule has 0 spiro atoms. The molecule has 1 unspecified atom stereocenters. The highest BCUT2D eigenvalue weighted by molar-refractivity contribution is 7.15. The maximum atomic E-state index is 12.2. The number of nitrogens with zero attached hydrogens (tertiary/aromatic N) is 4. The van der Waals surface area contributed by atoms with E-state index in [-0.39, 0.29) is 5.56 Å². The van der Waals surface area contributed by atoms with Crippen LogP contribution < -0.4 is 10.5 Å². The van der Waals surface area contributed by atoms with E-state index in [1.54, 1.807) is 35.1 Å². The fraction of sp³-hybridized carbons (Fsp3) is 0.294. The molecule has 0 aliphatic carbocycles. The van der Waals surface area contributed by atoms with Crippen LogP contribution in [-0.4, -0.2) is 26.1 Å². The van der Waals surface area contributed by atoms with Gasteiger partial charge in [0.25, 0.3) is 17.3 Å². The lowest BCUT2D eigenvalue weighted by atomic mass is 10.3. The first kappa shape index (κ1) is 16.7. The summed E-state index contributed by atoms with van der Waals surface area (Å²) in [6.45, 7) is 4.21. The van der Waals surface area contributed by atoms with Crippen molar-refractivity contribution in [3.8, 4) is 11.7 Å². The van der Waals surface area contributed by atoms with E-state index in [2.05, 4.69) is 22.1 Å². The van der Waals surface area contributed by atoms with Crippen LogP contribution in [0.4, 0.5) is 0 Å². The SMILES string of the molecule is CCC[NH+](Cc1cc(=O)n2ccsc2n1)Cc1nnc(-c2ccco2)o1. The van der Waals surface area contributed by atoms with E-state index in [1.807, 2.05) is 5.38 Å². The van der Waals surface area contributed by atoms with Gasteiger partial charge in [0.15, 0.2) is 17.3 Å². The van der Waals surface area contributed by atoms with Crippen molar-refractivity contribution in [1.82, 2.24) is 19.6 Å². The smallest absolute Gasteiger partial charge is 0.283 e. The first-order chi connectivity index (χ1) is 12.7. The van der Waals surface area contributed by atoms with Gasteiger partial charge in [0.2, 0.25) is 0 Å². The van der Waals surface area contributed by atoms with E-state index < -0.39 is 0 Å². The number of hydrogen-bond donors (Lipinski definition) is 1. The van der Waals surface area contributed by atoms with Crippen molar-refractivity contribution in [2.45, 2.75) is 26.4 Å². The highest BCUT2D eigenvalue weighted by Crippen LogP contribution is 2.17. The zero-order valence-electron chi connectivity index (χ0n) is 14.2. The zero-order valence-corrected chi connectivity index (χ0v) is 15.0. The van der Waals surface area contributed by atoms with Gasteiger partial charge in [-0.3, -0.25) is 9.20 Å². The van der Waals surface area contributed by atoms with Crippen LogP contribution in [-0.2, 0) is 13.1 Å². The molecule has 0 aliphatic rings. The first-order valence-corrected chi connectivity index (χ1v) is 9.26. The second kappa shape index (κ2) is 7.22. The van der Waals surface area contributed by atoms with Crippen molar-refractivity contribution < 1.29 is 13.7 Å². The summed E-state index contributed by atoms with van der Waals surface area (Å²) in [5.74, 6) is 1.46. The number of fused-ring (bicyclic) bond motifs is 1. The zero-order chi connectivity index (χ0) is 17.9. The molecule has 0 saturated carbocycles. The van der Waals surface area contributed by atoms with Crippen molar-refractivity contribution in [3.05, 3.63) is 58.0 Å². The molecular formula is C17H18N5O3S+. The summed E-state index contributed by atoms with van der Waals surface area (Å²) in [5.41, 5.74) is 0.715. The minimum absolute atomic E-state index is 0.0556. The lowest BCUT2D eigenvalue weighted by molar-refractivity contribution is -0.929. The van der Waals surface area contributed by atoms with E-state index in [1.165, 1.54) is 16.2 Å². The van der Waals surface area contributed by atoms with Gasteiger partial charge >= 0.3 is 0 Å². The standard InChI is InChI=1S/C17H17N5O3S/c1-2-5-21(10-12-9-15(23)22-6-8-26-17(22)18-12)11-14-19-20-16(25-14)13-4-3-7-24-13/h3-4,6-9H,2,5,10-11H2,1H3/p+1. The normalized spacial score (nSPS) is 12.7. The van der Waals surface area contributed by atoms with Crippen molar-refractivity contribution in [3.63, 3.8) is 0 Å². The summed E-state index contributed by atoms with van der Waals surface area (Å²) >= 11 is 1.45. The number of thiazole rings is 1. The molecule has 26 heavy (non-hydrogen) atoms. The molecule has 0 amide bonds. The maximum Gasteiger partial charge on any atom is 0.283 e. The van der Waals surface area contributed by atoms with Crippen LogP contribution in [0.3, 0.4) is 0 Å². The van der Waals surface area contributed by atoms with E-state index in [4.69, 9.17) is 8.83 Å². The summed E-state index contributed by atoms with van der Waals surface area (Å²) in [4.78, 5) is 18.7. The van der Waals surface area contributed by atoms with Gasteiger partial charge in [-0.2, -0.15) is 0 Å². The highest BCUT2D eigenvalue weighted by atomic mass is 32.1. The molecule has 4 rings (SSSR count). The van der Waals surface area contributed by atoms with Crippen molar-refractivity contribution in [1.29, 1.82) is 0 Å². The number of hydrogen-bond acceptors (Lipinski definition) is 7. The minimum Gasteiger partial charge on any atom is -0.459 e. The third-order valence-corrected chi connectivity index (χ3v) is 4.75. The van der Waals surface area contributed by atoms with Crippen LogP contribution in [0, 0.1) is 0 Å². The molecule has 1 atom stereocenters. The lowest BCUT2D eigenvalue weighted by Gasteiger charge is -2.16. The average molecular weight is 372 g/mol. The van der Waals surface area contributed by atoms with Gasteiger partial charge in [-0.05, 0) is 18.6 Å². The summed E-state index contributed by atoms with van der Waals surface area (Å²) < 4.78 is 12.5. The molecule has 0 saturated heterocycles.